The third kappa shape index (κ3) is 4.99. The van der Waals surface area contributed by atoms with Gasteiger partial charge in [-0.3, -0.25) is 9.69 Å². The van der Waals surface area contributed by atoms with Gasteiger partial charge in [-0.25, -0.2) is 4.79 Å². The first-order valence-electron chi connectivity index (χ1n) is 7.54. The number of thiophene rings is 1. The molecule has 1 aromatic heterocycles. The van der Waals surface area contributed by atoms with E-state index in [0.29, 0.717) is 13.1 Å². The minimum atomic E-state index is -0.0315. The zero-order chi connectivity index (χ0) is 15.9. The van der Waals surface area contributed by atoms with Crippen LogP contribution in [0.2, 0.25) is 0 Å². The minimum Gasteiger partial charge on any atom is -0.358 e. The molecule has 0 aromatic carbocycles. The summed E-state index contributed by atoms with van der Waals surface area (Å²) in [5, 5.41) is 9.79. The average molecular weight is 324 g/mol. The second-order valence-electron chi connectivity index (χ2n) is 5.66. The van der Waals surface area contributed by atoms with Crippen LogP contribution in [0.3, 0.4) is 0 Å². The highest BCUT2D eigenvalue weighted by Gasteiger charge is 2.22. The van der Waals surface area contributed by atoms with E-state index in [4.69, 9.17) is 0 Å². The zero-order valence-electron chi connectivity index (χ0n) is 13.2. The maximum atomic E-state index is 12.2. The summed E-state index contributed by atoms with van der Waals surface area (Å²) in [5.74, 6) is 0.0398. The van der Waals surface area contributed by atoms with Gasteiger partial charge in [0.15, 0.2) is 0 Å². The van der Waals surface area contributed by atoms with Gasteiger partial charge in [-0.2, -0.15) is 11.3 Å². The van der Waals surface area contributed by atoms with E-state index in [1.165, 1.54) is 0 Å². The highest BCUT2D eigenvalue weighted by molar-refractivity contribution is 7.07. The first-order chi connectivity index (χ1) is 10.6. The molecule has 3 amide bonds. The summed E-state index contributed by atoms with van der Waals surface area (Å²) in [6.07, 6.45) is 1.77. The third-order valence-corrected chi connectivity index (χ3v) is 4.64. The molecule has 0 spiro atoms. The number of carbonyl (C=O) groups is 2. The minimum absolute atomic E-state index is 0.0315. The standard InChI is InChI=1S/C15H24N4O2S/c1-16-14(20)10-19-6-3-13(4-7-19)17-15(21)18(2)9-12-5-8-22-11-12/h5,8,11,13H,3-4,6-7,9-10H2,1-2H3,(H,16,20)(H,17,21). The molecule has 1 aliphatic heterocycles. The summed E-state index contributed by atoms with van der Waals surface area (Å²) >= 11 is 1.64. The lowest BCUT2D eigenvalue weighted by Gasteiger charge is -2.32. The number of likely N-dealkylation sites (tertiary alicyclic amines) is 1. The molecule has 0 saturated carbocycles. The van der Waals surface area contributed by atoms with E-state index in [1.807, 2.05) is 18.5 Å². The van der Waals surface area contributed by atoms with E-state index in [2.05, 4.69) is 20.9 Å². The largest absolute Gasteiger partial charge is 0.358 e. The van der Waals surface area contributed by atoms with Gasteiger partial charge < -0.3 is 15.5 Å². The fraction of sp³-hybridized carbons (Fsp3) is 0.600. The van der Waals surface area contributed by atoms with Crippen LogP contribution in [0.5, 0.6) is 0 Å². The molecule has 0 aliphatic carbocycles. The molecule has 122 valence electrons. The molecule has 7 heteroatoms. The van der Waals surface area contributed by atoms with Gasteiger partial charge in [0.25, 0.3) is 0 Å². The number of nitrogens with one attached hydrogen (secondary N) is 2. The molecular formula is C15H24N4O2S. The van der Waals surface area contributed by atoms with Crippen LogP contribution in [0.1, 0.15) is 18.4 Å². The van der Waals surface area contributed by atoms with Crippen molar-refractivity contribution in [3.63, 3.8) is 0 Å². The molecule has 1 aliphatic rings. The van der Waals surface area contributed by atoms with Gasteiger partial charge in [0, 0.05) is 39.8 Å². The van der Waals surface area contributed by atoms with E-state index >= 15 is 0 Å². The second-order valence-corrected chi connectivity index (χ2v) is 6.44. The van der Waals surface area contributed by atoms with Crippen molar-refractivity contribution >= 4 is 23.3 Å². The maximum absolute atomic E-state index is 12.2. The van der Waals surface area contributed by atoms with Gasteiger partial charge in [0.1, 0.15) is 0 Å². The zero-order valence-corrected chi connectivity index (χ0v) is 14.0. The molecule has 0 radical (unpaired) electrons. The molecule has 6 nitrogen and oxygen atoms in total. The molecule has 22 heavy (non-hydrogen) atoms. The average Bonchev–Trinajstić information content (AvgIpc) is 3.02. The number of nitrogens with zero attached hydrogens (tertiary/aromatic N) is 2. The Kier molecular flexibility index (Phi) is 6.21. The molecule has 1 aromatic rings. The maximum Gasteiger partial charge on any atom is 0.317 e. The predicted octanol–water partition coefficient (Wildman–Crippen LogP) is 1.10. The van der Waals surface area contributed by atoms with Gasteiger partial charge in [0.2, 0.25) is 5.91 Å². The van der Waals surface area contributed by atoms with E-state index in [0.717, 1.165) is 31.5 Å². The summed E-state index contributed by atoms with van der Waals surface area (Å²) in [6, 6.07) is 2.19. The molecule has 0 bridgehead atoms. The number of piperidine rings is 1. The van der Waals surface area contributed by atoms with Crippen molar-refractivity contribution in [1.82, 2.24) is 20.4 Å². The molecule has 2 N–H and O–H groups in total. The third-order valence-electron chi connectivity index (χ3n) is 3.91. The number of rotatable bonds is 5. The molecular weight excluding hydrogens is 300 g/mol. The predicted molar refractivity (Wildman–Crippen MR) is 87.8 cm³/mol. The Bertz CT molecular complexity index is 484. The molecule has 2 heterocycles. The topological polar surface area (TPSA) is 64.7 Å². The lowest BCUT2D eigenvalue weighted by Crippen LogP contribution is -2.49. The SMILES string of the molecule is CNC(=O)CN1CCC(NC(=O)N(C)Cc2ccsc2)CC1. The van der Waals surface area contributed by atoms with E-state index in [-0.39, 0.29) is 18.0 Å². The van der Waals surface area contributed by atoms with Gasteiger partial charge in [0.05, 0.1) is 6.54 Å². The Hall–Kier alpha value is -1.60. The summed E-state index contributed by atoms with van der Waals surface area (Å²) in [6.45, 7) is 2.75. The summed E-state index contributed by atoms with van der Waals surface area (Å²) < 4.78 is 0. The Morgan fingerprint density at radius 2 is 2.14 bits per heavy atom. The summed E-state index contributed by atoms with van der Waals surface area (Å²) in [4.78, 5) is 27.4. The summed E-state index contributed by atoms with van der Waals surface area (Å²) in [5.41, 5.74) is 1.16. The Labute approximate surface area is 135 Å². The molecule has 0 unspecified atom stereocenters. The fourth-order valence-electron chi connectivity index (χ4n) is 2.53. The van der Waals surface area contributed by atoms with Gasteiger partial charge >= 0.3 is 6.03 Å². The lowest BCUT2D eigenvalue weighted by molar-refractivity contribution is -0.122. The van der Waals surface area contributed by atoms with Crippen molar-refractivity contribution in [2.45, 2.75) is 25.4 Å². The van der Waals surface area contributed by atoms with Crippen LogP contribution in [-0.2, 0) is 11.3 Å². The van der Waals surface area contributed by atoms with Crippen molar-refractivity contribution in [3.05, 3.63) is 22.4 Å². The quantitative estimate of drug-likeness (QED) is 0.852. The highest BCUT2D eigenvalue weighted by Crippen LogP contribution is 2.12. The van der Waals surface area contributed by atoms with Crippen LogP contribution in [0.25, 0.3) is 0 Å². The number of urea groups is 1. The first kappa shape index (κ1) is 16.8. The van der Waals surface area contributed by atoms with Gasteiger partial charge in [-0.05, 0) is 35.2 Å². The van der Waals surface area contributed by atoms with Crippen LogP contribution >= 0.6 is 11.3 Å². The number of amides is 3. The van der Waals surface area contributed by atoms with Crippen LogP contribution in [0.4, 0.5) is 4.79 Å². The lowest BCUT2D eigenvalue weighted by atomic mass is 10.1. The smallest absolute Gasteiger partial charge is 0.317 e. The Balaban J connectivity index is 1.71. The van der Waals surface area contributed by atoms with Crippen LogP contribution in [0, 0.1) is 0 Å². The number of hydrogen-bond acceptors (Lipinski definition) is 4. The van der Waals surface area contributed by atoms with Crippen molar-refractivity contribution < 1.29 is 9.59 Å². The molecule has 1 saturated heterocycles. The van der Waals surface area contributed by atoms with E-state index < -0.39 is 0 Å². The molecule has 0 atom stereocenters. The second kappa shape index (κ2) is 8.14. The van der Waals surface area contributed by atoms with Crippen LogP contribution in [-0.4, -0.2) is 61.5 Å². The van der Waals surface area contributed by atoms with Crippen molar-refractivity contribution in [2.24, 2.45) is 0 Å². The number of likely N-dealkylation sites (N-methyl/N-ethyl adjacent to an activating group) is 1. The van der Waals surface area contributed by atoms with Crippen molar-refractivity contribution in [1.29, 1.82) is 0 Å². The van der Waals surface area contributed by atoms with Crippen LogP contribution < -0.4 is 10.6 Å². The fourth-order valence-corrected chi connectivity index (χ4v) is 3.19. The van der Waals surface area contributed by atoms with E-state index in [9.17, 15) is 9.59 Å². The first-order valence-corrected chi connectivity index (χ1v) is 8.48. The van der Waals surface area contributed by atoms with Crippen molar-refractivity contribution in [3.8, 4) is 0 Å². The molecule has 1 fully saturated rings. The van der Waals surface area contributed by atoms with Gasteiger partial charge in [-0.15, -0.1) is 0 Å². The van der Waals surface area contributed by atoms with Gasteiger partial charge in [-0.1, -0.05) is 0 Å². The number of hydrogen-bond donors (Lipinski definition) is 2. The van der Waals surface area contributed by atoms with Crippen LogP contribution in [0.15, 0.2) is 16.8 Å². The Morgan fingerprint density at radius 3 is 2.73 bits per heavy atom. The molecule has 2 rings (SSSR count). The summed E-state index contributed by atoms with van der Waals surface area (Å²) in [7, 11) is 3.46. The number of carbonyl (C=O) groups excluding carboxylic acids is 2. The monoisotopic (exact) mass is 324 g/mol. The highest BCUT2D eigenvalue weighted by atomic mass is 32.1. The van der Waals surface area contributed by atoms with Crippen molar-refractivity contribution in [2.75, 3.05) is 33.7 Å². The van der Waals surface area contributed by atoms with E-state index in [1.54, 1.807) is 23.3 Å². The normalized spacial score (nSPS) is 16.3. The Morgan fingerprint density at radius 1 is 1.41 bits per heavy atom.